The van der Waals surface area contributed by atoms with Crippen molar-refractivity contribution in [1.29, 1.82) is 0 Å². The fourth-order valence-electron chi connectivity index (χ4n) is 3.40. The smallest absolute Gasteiger partial charge is 0.243 e. The van der Waals surface area contributed by atoms with Crippen molar-refractivity contribution in [2.24, 2.45) is 7.05 Å². The molecule has 4 aromatic rings. The molecule has 1 N–H and O–H groups in total. The number of anilines is 1. The number of aromatic nitrogens is 3. The van der Waals surface area contributed by atoms with Crippen LogP contribution in [0.3, 0.4) is 0 Å². The number of fused-ring (bicyclic) bond motifs is 1. The summed E-state index contributed by atoms with van der Waals surface area (Å²) in [5, 5.41) is 7.86. The third kappa shape index (κ3) is 4.41. The van der Waals surface area contributed by atoms with Gasteiger partial charge < -0.3 is 9.73 Å². The van der Waals surface area contributed by atoms with Crippen LogP contribution in [0.1, 0.15) is 17.0 Å². The number of rotatable bonds is 7. The van der Waals surface area contributed by atoms with Gasteiger partial charge in [0, 0.05) is 12.4 Å². The molecular weight excluding hydrogens is 430 g/mol. The minimum absolute atomic E-state index is 0.0738. The topological polar surface area (TPSA) is 110 Å². The first-order chi connectivity index (χ1) is 15.2. The molecule has 9 nitrogen and oxygen atoms in total. The number of hydrogen-bond acceptors (Lipinski definition) is 6. The Bertz CT molecular complexity index is 1360. The van der Waals surface area contributed by atoms with Crippen molar-refractivity contribution in [2.45, 2.75) is 25.3 Å². The van der Waals surface area contributed by atoms with Gasteiger partial charge in [-0.2, -0.15) is 9.40 Å². The Balaban J connectivity index is 1.58. The number of nitrogens with one attached hydrogen (secondary N) is 1. The van der Waals surface area contributed by atoms with E-state index in [2.05, 4.69) is 15.4 Å². The van der Waals surface area contributed by atoms with Crippen LogP contribution in [0.4, 0.5) is 5.69 Å². The Kier molecular flexibility index (Phi) is 5.81. The standard InChI is InChI=1S/C22H23N5O4S/c1-15-6-8-19(9-7-15)32(29,30)27(13-18-5-4-10-31-18)14-21(28)24-17-11-20-16(2)25-26(3)22(20)23-12-17/h4-12H,13-14H2,1-3H3,(H,24,28). The van der Waals surface area contributed by atoms with Crippen molar-refractivity contribution in [3.05, 3.63) is 71.9 Å². The summed E-state index contributed by atoms with van der Waals surface area (Å²) in [4.78, 5) is 17.3. The first-order valence-electron chi connectivity index (χ1n) is 9.92. The van der Waals surface area contributed by atoms with E-state index in [9.17, 15) is 13.2 Å². The highest BCUT2D eigenvalue weighted by molar-refractivity contribution is 7.89. The van der Waals surface area contributed by atoms with Crippen LogP contribution in [0.15, 0.2) is 64.2 Å². The SMILES string of the molecule is Cc1ccc(S(=O)(=O)N(CC(=O)Nc2cnc3c(c2)c(C)nn3C)Cc2ccco2)cc1. The van der Waals surface area contributed by atoms with Gasteiger partial charge in [-0.25, -0.2) is 13.4 Å². The number of furan rings is 1. The lowest BCUT2D eigenvalue weighted by molar-refractivity contribution is -0.116. The number of carbonyl (C=O) groups is 1. The van der Waals surface area contributed by atoms with E-state index in [0.717, 1.165) is 20.9 Å². The molecule has 32 heavy (non-hydrogen) atoms. The zero-order chi connectivity index (χ0) is 22.9. The van der Waals surface area contributed by atoms with E-state index in [1.807, 2.05) is 13.8 Å². The summed E-state index contributed by atoms with van der Waals surface area (Å²) in [6, 6.07) is 11.6. The fourth-order valence-corrected chi connectivity index (χ4v) is 4.76. The molecule has 166 valence electrons. The summed E-state index contributed by atoms with van der Waals surface area (Å²) in [5.74, 6) is -0.0579. The van der Waals surface area contributed by atoms with Crippen LogP contribution >= 0.6 is 0 Å². The molecule has 10 heteroatoms. The number of carbonyl (C=O) groups excluding carboxylic acids is 1. The van der Waals surface area contributed by atoms with Crippen molar-refractivity contribution in [3.63, 3.8) is 0 Å². The number of hydrogen-bond donors (Lipinski definition) is 1. The molecule has 0 aliphatic carbocycles. The van der Waals surface area contributed by atoms with Crippen LogP contribution in [0, 0.1) is 13.8 Å². The number of benzene rings is 1. The van der Waals surface area contributed by atoms with Gasteiger partial charge in [0.15, 0.2) is 5.65 Å². The van der Waals surface area contributed by atoms with E-state index < -0.39 is 15.9 Å². The van der Waals surface area contributed by atoms with Crippen LogP contribution in [-0.2, 0) is 28.4 Å². The number of nitrogens with zero attached hydrogens (tertiary/aromatic N) is 4. The van der Waals surface area contributed by atoms with Crippen molar-refractivity contribution in [3.8, 4) is 0 Å². The highest BCUT2D eigenvalue weighted by Crippen LogP contribution is 2.21. The molecule has 3 aromatic heterocycles. The van der Waals surface area contributed by atoms with Gasteiger partial charge in [0.1, 0.15) is 5.76 Å². The van der Waals surface area contributed by atoms with E-state index in [0.29, 0.717) is 17.1 Å². The molecule has 0 atom stereocenters. The largest absolute Gasteiger partial charge is 0.468 e. The predicted octanol–water partition coefficient (Wildman–Crippen LogP) is 3.01. The number of pyridine rings is 1. The van der Waals surface area contributed by atoms with Crippen LogP contribution in [0.2, 0.25) is 0 Å². The first kappa shape index (κ1) is 21.7. The summed E-state index contributed by atoms with van der Waals surface area (Å²) in [6.45, 7) is 3.27. The molecule has 1 aromatic carbocycles. The van der Waals surface area contributed by atoms with Gasteiger partial charge in [0.25, 0.3) is 0 Å². The number of aryl methyl sites for hydroxylation is 3. The van der Waals surface area contributed by atoms with E-state index in [-0.39, 0.29) is 18.0 Å². The summed E-state index contributed by atoms with van der Waals surface area (Å²) in [6.07, 6.45) is 2.98. The van der Waals surface area contributed by atoms with Gasteiger partial charge in [-0.1, -0.05) is 17.7 Å². The van der Waals surface area contributed by atoms with Crippen molar-refractivity contribution in [1.82, 2.24) is 19.1 Å². The third-order valence-electron chi connectivity index (χ3n) is 5.04. The average molecular weight is 454 g/mol. The fraction of sp³-hybridized carbons (Fsp3) is 0.227. The number of sulfonamides is 1. The zero-order valence-corrected chi connectivity index (χ0v) is 18.8. The summed E-state index contributed by atoms with van der Waals surface area (Å²) in [7, 11) is -2.14. The molecular formula is C22H23N5O4S. The van der Waals surface area contributed by atoms with Crippen molar-refractivity contribution >= 4 is 32.7 Å². The molecule has 0 bridgehead atoms. The molecule has 0 unspecified atom stereocenters. The Morgan fingerprint density at radius 3 is 2.62 bits per heavy atom. The highest BCUT2D eigenvalue weighted by atomic mass is 32.2. The maximum atomic E-state index is 13.3. The van der Waals surface area contributed by atoms with E-state index in [1.54, 1.807) is 42.1 Å². The second-order valence-corrected chi connectivity index (χ2v) is 9.46. The first-order valence-corrected chi connectivity index (χ1v) is 11.4. The Morgan fingerprint density at radius 1 is 1.19 bits per heavy atom. The summed E-state index contributed by atoms with van der Waals surface area (Å²) >= 11 is 0. The van der Waals surface area contributed by atoms with Crippen molar-refractivity contribution < 1.29 is 17.6 Å². The van der Waals surface area contributed by atoms with Crippen LogP contribution < -0.4 is 5.32 Å². The summed E-state index contributed by atoms with van der Waals surface area (Å²) in [5.41, 5.74) is 2.88. The molecule has 0 radical (unpaired) electrons. The second kappa shape index (κ2) is 8.56. The van der Waals surface area contributed by atoms with Gasteiger partial charge in [0.05, 0.1) is 41.8 Å². The van der Waals surface area contributed by atoms with Gasteiger partial charge >= 0.3 is 0 Å². The van der Waals surface area contributed by atoms with E-state index in [4.69, 9.17) is 4.42 Å². The lowest BCUT2D eigenvalue weighted by atomic mass is 10.2. The van der Waals surface area contributed by atoms with Gasteiger partial charge in [-0.05, 0) is 44.2 Å². The quantitative estimate of drug-likeness (QED) is 0.461. The lowest BCUT2D eigenvalue weighted by Gasteiger charge is -2.21. The summed E-state index contributed by atoms with van der Waals surface area (Å²) < 4.78 is 34.6. The van der Waals surface area contributed by atoms with Crippen LogP contribution in [0.5, 0.6) is 0 Å². The third-order valence-corrected chi connectivity index (χ3v) is 6.84. The molecule has 3 heterocycles. The number of amides is 1. The molecule has 0 aliphatic heterocycles. The maximum Gasteiger partial charge on any atom is 0.243 e. The molecule has 1 amide bonds. The lowest BCUT2D eigenvalue weighted by Crippen LogP contribution is -2.37. The maximum absolute atomic E-state index is 13.3. The Morgan fingerprint density at radius 2 is 1.94 bits per heavy atom. The van der Waals surface area contributed by atoms with Crippen LogP contribution in [0.25, 0.3) is 11.0 Å². The molecule has 0 fully saturated rings. The Labute approximate surface area is 185 Å². The van der Waals surface area contributed by atoms with Crippen LogP contribution in [-0.4, -0.2) is 39.9 Å². The highest BCUT2D eigenvalue weighted by Gasteiger charge is 2.28. The minimum Gasteiger partial charge on any atom is -0.468 e. The molecule has 0 spiro atoms. The zero-order valence-electron chi connectivity index (χ0n) is 17.9. The minimum atomic E-state index is -3.94. The molecule has 4 rings (SSSR count). The Hall–Kier alpha value is -3.50. The monoisotopic (exact) mass is 453 g/mol. The van der Waals surface area contributed by atoms with Crippen molar-refractivity contribution in [2.75, 3.05) is 11.9 Å². The van der Waals surface area contributed by atoms with Gasteiger partial charge in [-0.15, -0.1) is 0 Å². The van der Waals surface area contributed by atoms with E-state index in [1.165, 1.54) is 24.6 Å². The second-order valence-electron chi connectivity index (χ2n) is 7.52. The van der Waals surface area contributed by atoms with Gasteiger partial charge in [0.2, 0.25) is 15.9 Å². The normalized spacial score (nSPS) is 11.9. The average Bonchev–Trinajstić information content (AvgIpc) is 3.36. The molecule has 0 saturated heterocycles. The molecule has 0 aliphatic rings. The molecule has 0 saturated carbocycles. The predicted molar refractivity (Wildman–Crippen MR) is 119 cm³/mol. The van der Waals surface area contributed by atoms with E-state index >= 15 is 0 Å². The van der Waals surface area contributed by atoms with Gasteiger partial charge in [-0.3, -0.25) is 9.48 Å².